The maximum absolute atomic E-state index is 14.6. The molecule has 0 bridgehead atoms. The molecule has 142 valence electrons. The van der Waals surface area contributed by atoms with Crippen molar-refractivity contribution in [2.24, 2.45) is 0 Å². The zero-order valence-electron chi connectivity index (χ0n) is 15.9. The van der Waals surface area contributed by atoms with Gasteiger partial charge in [-0.25, -0.2) is 9.37 Å². The van der Waals surface area contributed by atoms with E-state index >= 15 is 0 Å². The zero-order valence-corrected chi connectivity index (χ0v) is 17.5. The fraction of sp³-hybridized carbons (Fsp3) is 0.125. The Kier molecular flexibility index (Phi) is 5.74. The third-order valence-corrected chi connectivity index (χ3v) is 5.29. The molecule has 3 aromatic carbocycles. The van der Waals surface area contributed by atoms with Gasteiger partial charge in [-0.1, -0.05) is 35.9 Å². The van der Waals surface area contributed by atoms with E-state index in [1.165, 1.54) is 17.2 Å². The van der Waals surface area contributed by atoms with Crippen LogP contribution in [0.1, 0.15) is 16.7 Å². The molecule has 0 radical (unpaired) electrons. The summed E-state index contributed by atoms with van der Waals surface area (Å²) >= 11 is 6.22. The van der Waals surface area contributed by atoms with Gasteiger partial charge in [-0.3, -0.25) is 0 Å². The molecule has 1 nitrogen and oxygen atoms in total. The number of pyridine rings is 1. The predicted molar refractivity (Wildman–Crippen MR) is 119 cm³/mol. The van der Waals surface area contributed by atoms with Gasteiger partial charge >= 0.3 is 0 Å². The van der Waals surface area contributed by atoms with E-state index in [-0.39, 0.29) is 18.2 Å². The Morgan fingerprint density at radius 2 is 1.46 bits per heavy atom. The molecule has 0 aliphatic heterocycles. The molecule has 0 unspecified atom stereocenters. The predicted octanol–water partition coefficient (Wildman–Crippen LogP) is 7.71. The van der Waals surface area contributed by atoms with Crippen molar-refractivity contribution in [2.45, 2.75) is 20.8 Å². The van der Waals surface area contributed by atoms with Crippen LogP contribution in [0.25, 0.3) is 33.3 Å². The summed E-state index contributed by atoms with van der Waals surface area (Å²) in [6, 6.07) is 18.7. The van der Waals surface area contributed by atoms with E-state index in [4.69, 9.17) is 16.6 Å². The Morgan fingerprint density at radius 3 is 2.21 bits per heavy atom. The van der Waals surface area contributed by atoms with Gasteiger partial charge in [0.25, 0.3) is 0 Å². The summed E-state index contributed by atoms with van der Waals surface area (Å²) in [4.78, 5) is 4.85. The van der Waals surface area contributed by atoms with Crippen molar-refractivity contribution in [3.05, 3.63) is 88.2 Å². The Morgan fingerprint density at radius 1 is 0.750 bits per heavy atom. The molecule has 0 aliphatic carbocycles. The minimum Gasteiger partial charge on any atom is -0.248 e. The monoisotopic (exact) mass is 411 g/mol. The lowest BCUT2D eigenvalue weighted by Gasteiger charge is -2.14. The Bertz CT molecular complexity index is 1180. The first-order chi connectivity index (χ1) is 12.9. The SMILES string of the molecule is Cc1cc(C)c(-c2cc(-c3ccccc3F)c3cc(Cl)ccc3n2)cc1C.Cl. The first-order valence-corrected chi connectivity index (χ1v) is 9.25. The minimum atomic E-state index is -0.257. The molecule has 0 spiro atoms. The fourth-order valence-electron chi connectivity index (χ4n) is 3.47. The van der Waals surface area contributed by atoms with Crippen LogP contribution in [0.5, 0.6) is 0 Å². The maximum Gasteiger partial charge on any atom is 0.131 e. The van der Waals surface area contributed by atoms with Crippen LogP contribution in [0.4, 0.5) is 4.39 Å². The Balaban J connectivity index is 0.00000225. The van der Waals surface area contributed by atoms with Gasteiger partial charge in [0.1, 0.15) is 5.82 Å². The minimum absolute atomic E-state index is 0. The van der Waals surface area contributed by atoms with Crippen LogP contribution in [0.3, 0.4) is 0 Å². The molecule has 0 aliphatic rings. The number of aromatic nitrogens is 1. The highest BCUT2D eigenvalue weighted by molar-refractivity contribution is 6.31. The highest BCUT2D eigenvalue weighted by Gasteiger charge is 2.14. The zero-order chi connectivity index (χ0) is 19.1. The highest BCUT2D eigenvalue weighted by atomic mass is 35.5. The van der Waals surface area contributed by atoms with E-state index < -0.39 is 0 Å². The number of hydrogen-bond acceptors (Lipinski definition) is 1. The van der Waals surface area contributed by atoms with Gasteiger partial charge in [0.2, 0.25) is 0 Å². The maximum atomic E-state index is 14.6. The van der Waals surface area contributed by atoms with Gasteiger partial charge in [0, 0.05) is 21.5 Å². The number of benzene rings is 3. The topological polar surface area (TPSA) is 12.9 Å². The smallest absolute Gasteiger partial charge is 0.131 e. The lowest BCUT2D eigenvalue weighted by molar-refractivity contribution is 0.631. The standard InChI is InChI=1S/C24H19ClFN.ClH/c1-14-10-16(3)19(11-15(14)2)24-13-20(18-6-4-5-7-22(18)26)21-12-17(25)8-9-23(21)27-24;/h4-13H,1-3H3;1H. The lowest BCUT2D eigenvalue weighted by Crippen LogP contribution is -1.95. The van der Waals surface area contributed by atoms with Crippen LogP contribution in [0.15, 0.2) is 60.7 Å². The van der Waals surface area contributed by atoms with Gasteiger partial charge in [-0.2, -0.15) is 0 Å². The summed E-state index contributed by atoms with van der Waals surface area (Å²) in [7, 11) is 0. The second kappa shape index (κ2) is 7.90. The van der Waals surface area contributed by atoms with Gasteiger partial charge in [-0.05, 0) is 79.4 Å². The second-order valence-corrected chi connectivity index (χ2v) is 7.38. The van der Waals surface area contributed by atoms with Crippen molar-refractivity contribution < 1.29 is 4.39 Å². The van der Waals surface area contributed by atoms with Gasteiger partial charge < -0.3 is 0 Å². The van der Waals surface area contributed by atoms with Crippen molar-refractivity contribution in [1.29, 1.82) is 0 Å². The van der Waals surface area contributed by atoms with Crippen LogP contribution in [0.2, 0.25) is 5.02 Å². The van der Waals surface area contributed by atoms with Crippen molar-refractivity contribution in [3.8, 4) is 22.4 Å². The van der Waals surface area contributed by atoms with E-state index in [0.29, 0.717) is 10.6 Å². The third-order valence-electron chi connectivity index (χ3n) is 5.05. The number of nitrogens with zero attached hydrogens (tertiary/aromatic N) is 1. The normalized spacial score (nSPS) is 10.8. The number of fused-ring (bicyclic) bond motifs is 1. The number of rotatable bonds is 2. The summed E-state index contributed by atoms with van der Waals surface area (Å²) in [5, 5.41) is 1.45. The fourth-order valence-corrected chi connectivity index (χ4v) is 3.65. The molecular formula is C24H20Cl2FN. The molecule has 0 saturated carbocycles. The third kappa shape index (κ3) is 3.63. The van der Waals surface area contributed by atoms with Gasteiger partial charge in [-0.15, -0.1) is 12.4 Å². The van der Waals surface area contributed by atoms with Crippen LogP contribution >= 0.6 is 24.0 Å². The molecule has 4 aromatic rings. The van der Waals surface area contributed by atoms with E-state index in [2.05, 4.69) is 32.9 Å². The van der Waals surface area contributed by atoms with Crippen molar-refractivity contribution in [3.63, 3.8) is 0 Å². The second-order valence-electron chi connectivity index (χ2n) is 6.95. The first-order valence-electron chi connectivity index (χ1n) is 8.87. The molecule has 4 rings (SSSR count). The summed E-state index contributed by atoms with van der Waals surface area (Å²) in [6.45, 7) is 6.28. The molecule has 1 aromatic heterocycles. The van der Waals surface area contributed by atoms with Crippen molar-refractivity contribution in [1.82, 2.24) is 4.98 Å². The van der Waals surface area contributed by atoms with Crippen LogP contribution in [0, 0.1) is 26.6 Å². The molecule has 1 heterocycles. The van der Waals surface area contributed by atoms with E-state index in [1.807, 2.05) is 30.3 Å². The summed E-state index contributed by atoms with van der Waals surface area (Å²) < 4.78 is 14.6. The molecule has 0 fully saturated rings. The largest absolute Gasteiger partial charge is 0.248 e. The number of hydrogen-bond donors (Lipinski definition) is 0. The molecule has 0 N–H and O–H groups in total. The van der Waals surface area contributed by atoms with E-state index in [1.54, 1.807) is 12.1 Å². The van der Waals surface area contributed by atoms with Crippen LogP contribution in [-0.2, 0) is 0 Å². The highest BCUT2D eigenvalue weighted by Crippen LogP contribution is 2.36. The van der Waals surface area contributed by atoms with Crippen molar-refractivity contribution in [2.75, 3.05) is 0 Å². The molecule has 0 saturated heterocycles. The average Bonchev–Trinajstić information content (AvgIpc) is 2.64. The van der Waals surface area contributed by atoms with Gasteiger partial charge in [0.05, 0.1) is 11.2 Å². The Labute approximate surface area is 175 Å². The lowest BCUT2D eigenvalue weighted by atomic mass is 9.94. The van der Waals surface area contributed by atoms with E-state index in [0.717, 1.165) is 33.3 Å². The molecule has 4 heteroatoms. The molecule has 28 heavy (non-hydrogen) atoms. The number of halogens is 3. The van der Waals surface area contributed by atoms with Crippen LogP contribution < -0.4 is 0 Å². The van der Waals surface area contributed by atoms with Gasteiger partial charge in [0.15, 0.2) is 0 Å². The summed E-state index contributed by atoms with van der Waals surface area (Å²) in [6.07, 6.45) is 0. The molecular weight excluding hydrogens is 392 g/mol. The molecule has 0 amide bonds. The quantitative estimate of drug-likeness (QED) is 0.329. The number of aryl methyl sites for hydroxylation is 3. The summed E-state index contributed by atoms with van der Waals surface area (Å²) in [5.41, 5.74) is 7.66. The van der Waals surface area contributed by atoms with Crippen molar-refractivity contribution >= 4 is 34.9 Å². The van der Waals surface area contributed by atoms with E-state index in [9.17, 15) is 4.39 Å². The molecule has 0 atom stereocenters. The summed E-state index contributed by atoms with van der Waals surface area (Å²) in [5.74, 6) is -0.257. The average molecular weight is 412 g/mol. The van der Waals surface area contributed by atoms with Crippen LogP contribution in [-0.4, -0.2) is 4.98 Å². The Hall–Kier alpha value is -2.42. The first kappa shape index (κ1) is 20.3.